The molecular weight excluding hydrogens is 289 g/mol. The van der Waals surface area contributed by atoms with Crippen molar-refractivity contribution in [2.45, 2.75) is 20.0 Å². The largest absolute Gasteiger partial charge is 0.433 e. The molecule has 0 aliphatic carbocycles. The molecule has 9 heteroatoms. The first kappa shape index (κ1) is 16.6. The van der Waals surface area contributed by atoms with E-state index >= 15 is 0 Å². The normalized spacial score (nSPS) is 11.1. The Morgan fingerprint density at radius 2 is 2.05 bits per heavy atom. The second kappa shape index (κ2) is 7.36. The molecule has 21 heavy (non-hydrogen) atoms. The van der Waals surface area contributed by atoms with Crippen LogP contribution in [0, 0.1) is 6.92 Å². The fourth-order valence-electron chi connectivity index (χ4n) is 1.21. The van der Waals surface area contributed by atoms with E-state index in [0.29, 0.717) is 11.4 Å². The van der Waals surface area contributed by atoms with Crippen LogP contribution < -0.4 is 0 Å². The highest BCUT2D eigenvalue weighted by Gasteiger charge is 2.32. The molecule has 0 aliphatic rings. The lowest BCUT2D eigenvalue weighted by molar-refractivity contribution is -0.141. The minimum absolute atomic E-state index is 0.152. The van der Waals surface area contributed by atoms with Gasteiger partial charge >= 0.3 is 6.18 Å². The Balaban J connectivity index is 0.000000383. The average molecular weight is 302 g/mol. The Morgan fingerprint density at radius 3 is 2.38 bits per heavy atom. The van der Waals surface area contributed by atoms with Crippen molar-refractivity contribution in [1.82, 2.24) is 15.1 Å². The maximum Gasteiger partial charge on any atom is 0.433 e. The van der Waals surface area contributed by atoms with Gasteiger partial charge in [-0.05, 0) is 26.0 Å². The van der Waals surface area contributed by atoms with E-state index in [9.17, 15) is 13.2 Å². The van der Waals surface area contributed by atoms with E-state index in [1.807, 2.05) is 0 Å². The maximum atomic E-state index is 12.2. The second-order valence-electron chi connectivity index (χ2n) is 3.62. The van der Waals surface area contributed by atoms with Crippen molar-refractivity contribution in [2.24, 2.45) is 5.16 Å². The summed E-state index contributed by atoms with van der Waals surface area (Å²) in [4.78, 5) is 11.4. The second-order valence-corrected chi connectivity index (χ2v) is 3.62. The van der Waals surface area contributed by atoms with Crippen LogP contribution in [-0.2, 0) is 11.0 Å². The van der Waals surface area contributed by atoms with Gasteiger partial charge in [-0.25, -0.2) is 0 Å². The molecule has 2 rings (SSSR count). The molecule has 6 nitrogen and oxygen atoms in total. The molecule has 0 saturated heterocycles. The van der Waals surface area contributed by atoms with Crippen molar-refractivity contribution in [3.05, 3.63) is 29.8 Å². The van der Waals surface area contributed by atoms with Gasteiger partial charge in [0, 0.05) is 12.4 Å². The number of aryl methyl sites for hydroxylation is 1. The summed E-state index contributed by atoms with van der Waals surface area (Å²) in [5.41, 5.74) is -0.596. The minimum atomic E-state index is -4.44. The molecule has 2 aromatic rings. The van der Waals surface area contributed by atoms with Crippen molar-refractivity contribution < 1.29 is 22.5 Å². The lowest BCUT2D eigenvalue weighted by Crippen LogP contribution is -2.07. The average Bonchev–Trinajstić information content (AvgIpc) is 2.86. The molecule has 114 valence electrons. The molecule has 0 radical (unpaired) electrons. The quantitative estimate of drug-likeness (QED) is 0.629. The van der Waals surface area contributed by atoms with Gasteiger partial charge in [-0.15, -0.1) is 5.16 Å². The molecule has 0 N–H and O–H groups in total. The van der Waals surface area contributed by atoms with Crippen molar-refractivity contribution >= 4 is 6.21 Å². The number of hydrogen-bond donors (Lipinski definition) is 0. The Labute approximate surface area is 118 Å². The Bertz CT molecular complexity index is 579. The Kier molecular flexibility index (Phi) is 5.82. The zero-order valence-electron chi connectivity index (χ0n) is 11.5. The van der Waals surface area contributed by atoms with Gasteiger partial charge in [-0.2, -0.15) is 18.2 Å². The summed E-state index contributed by atoms with van der Waals surface area (Å²) in [5.74, 6) is 0.564. The number of halogens is 3. The molecule has 0 saturated carbocycles. The van der Waals surface area contributed by atoms with Gasteiger partial charge in [-0.3, -0.25) is 4.98 Å². The topological polar surface area (TPSA) is 73.4 Å². The molecule has 0 bridgehead atoms. The van der Waals surface area contributed by atoms with Crippen LogP contribution in [0.25, 0.3) is 11.5 Å². The van der Waals surface area contributed by atoms with Gasteiger partial charge in [0.15, 0.2) is 5.82 Å². The smallest absolute Gasteiger partial charge is 0.399 e. The molecule has 0 unspecified atom stereocenters. The third-order valence-electron chi connectivity index (χ3n) is 2.04. The Morgan fingerprint density at radius 1 is 1.33 bits per heavy atom. The number of aromatic nitrogens is 3. The van der Waals surface area contributed by atoms with Gasteiger partial charge < -0.3 is 9.36 Å². The fraction of sp³-hybridized carbons (Fsp3) is 0.333. The van der Waals surface area contributed by atoms with Crippen LogP contribution in [0.4, 0.5) is 13.2 Å². The summed E-state index contributed by atoms with van der Waals surface area (Å²) < 4.78 is 41.4. The van der Waals surface area contributed by atoms with E-state index < -0.39 is 11.9 Å². The first-order valence-electron chi connectivity index (χ1n) is 5.73. The molecule has 2 heterocycles. The van der Waals surface area contributed by atoms with Gasteiger partial charge in [-0.1, -0.05) is 5.16 Å². The maximum absolute atomic E-state index is 12.2. The molecule has 2 aromatic heterocycles. The van der Waals surface area contributed by atoms with E-state index in [2.05, 4.69) is 25.1 Å². The van der Waals surface area contributed by atoms with Crippen LogP contribution in [0.15, 0.2) is 28.0 Å². The van der Waals surface area contributed by atoms with Crippen LogP contribution in [-0.4, -0.2) is 28.4 Å². The van der Waals surface area contributed by atoms with Crippen LogP contribution in [0.2, 0.25) is 0 Å². The van der Waals surface area contributed by atoms with Crippen molar-refractivity contribution in [3.8, 4) is 11.5 Å². The van der Waals surface area contributed by atoms with Gasteiger partial charge in [0.1, 0.15) is 12.8 Å². The van der Waals surface area contributed by atoms with E-state index in [0.717, 1.165) is 12.3 Å². The molecule has 0 spiro atoms. The summed E-state index contributed by atoms with van der Waals surface area (Å²) in [5, 5.41) is 6.88. The molecular formula is C12H13F3N4O2. The van der Waals surface area contributed by atoms with E-state index in [-0.39, 0.29) is 5.89 Å². The molecule has 0 amide bonds. The third kappa shape index (κ3) is 5.21. The highest BCUT2D eigenvalue weighted by Crippen LogP contribution is 2.28. The van der Waals surface area contributed by atoms with Crippen LogP contribution in [0.3, 0.4) is 0 Å². The van der Waals surface area contributed by atoms with Crippen molar-refractivity contribution in [1.29, 1.82) is 0 Å². The zero-order chi connectivity index (χ0) is 15.9. The summed E-state index contributed by atoms with van der Waals surface area (Å²) >= 11 is 0. The van der Waals surface area contributed by atoms with Gasteiger partial charge in [0.05, 0.1) is 5.56 Å². The van der Waals surface area contributed by atoms with Crippen LogP contribution in [0.5, 0.6) is 0 Å². The van der Waals surface area contributed by atoms with E-state index in [1.165, 1.54) is 13.2 Å². The summed E-state index contributed by atoms with van der Waals surface area (Å²) in [6.45, 7) is 3.41. The highest BCUT2D eigenvalue weighted by atomic mass is 19.4. The summed E-state index contributed by atoms with van der Waals surface area (Å²) in [6, 6.07) is 2.11. The molecule has 0 fully saturated rings. The summed E-state index contributed by atoms with van der Waals surface area (Å²) in [6.07, 6.45) is -1.81. The fourth-order valence-corrected chi connectivity index (χ4v) is 1.21. The van der Waals surface area contributed by atoms with E-state index in [4.69, 9.17) is 4.52 Å². The van der Waals surface area contributed by atoms with E-state index in [1.54, 1.807) is 20.1 Å². The monoisotopic (exact) mass is 302 g/mol. The predicted octanol–water partition coefficient (Wildman–Crippen LogP) is 3.10. The van der Waals surface area contributed by atoms with Crippen LogP contribution in [0.1, 0.15) is 18.4 Å². The molecule has 0 aliphatic heterocycles. The predicted molar refractivity (Wildman–Crippen MR) is 68.4 cm³/mol. The SMILES string of the molecule is C/C=N/OC.Cc1noc(-c2ccc(C(F)(F)F)nc2)n1. The molecule has 0 aromatic carbocycles. The molecule has 0 atom stereocenters. The standard InChI is InChI=1S/C9H6F3N3O.C3H7NO/c1-5-14-8(16-15-5)6-2-3-7(13-4-6)9(10,11)12;1-3-4-5-2/h2-4H,1H3;3H,1-2H3/b;4-3+. The van der Waals surface area contributed by atoms with Gasteiger partial charge in [0.2, 0.25) is 0 Å². The number of oxime groups is 1. The first-order valence-corrected chi connectivity index (χ1v) is 5.73. The minimum Gasteiger partial charge on any atom is -0.399 e. The number of rotatable bonds is 2. The number of hydrogen-bond acceptors (Lipinski definition) is 6. The van der Waals surface area contributed by atoms with Crippen molar-refractivity contribution in [3.63, 3.8) is 0 Å². The third-order valence-corrected chi connectivity index (χ3v) is 2.04. The van der Waals surface area contributed by atoms with Crippen molar-refractivity contribution in [2.75, 3.05) is 7.11 Å². The first-order chi connectivity index (χ1) is 9.88. The number of nitrogens with zero attached hydrogens (tertiary/aromatic N) is 4. The number of pyridine rings is 1. The lowest BCUT2D eigenvalue weighted by Gasteiger charge is -2.04. The lowest BCUT2D eigenvalue weighted by atomic mass is 10.2. The zero-order valence-corrected chi connectivity index (χ0v) is 11.5. The Hall–Kier alpha value is -2.45. The highest BCUT2D eigenvalue weighted by molar-refractivity contribution is 5.52. The number of alkyl halides is 3. The summed E-state index contributed by atoms with van der Waals surface area (Å²) in [7, 11) is 1.51. The van der Waals surface area contributed by atoms with Crippen LogP contribution >= 0.6 is 0 Å². The van der Waals surface area contributed by atoms with Gasteiger partial charge in [0.25, 0.3) is 5.89 Å².